The van der Waals surface area contributed by atoms with E-state index in [-0.39, 0.29) is 30.1 Å². The highest BCUT2D eigenvalue weighted by molar-refractivity contribution is 6.19. The highest BCUT2D eigenvalue weighted by Gasteiger charge is 2.49. The molecule has 1 saturated carbocycles. The van der Waals surface area contributed by atoms with Crippen LogP contribution in [0.4, 0.5) is 5.69 Å². The second kappa shape index (κ2) is 5.25. The topological polar surface area (TPSA) is 70.6 Å². The first-order valence-corrected chi connectivity index (χ1v) is 7.06. The van der Waals surface area contributed by atoms with Crippen molar-refractivity contribution in [1.82, 2.24) is 5.43 Å². The number of nitrogens with zero attached hydrogens (tertiary/aromatic N) is 1. The van der Waals surface area contributed by atoms with E-state index in [0.717, 1.165) is 23.4 Å². The number of alkyl halides is 1. The predicted molar refractivity (Wildman–Crippen MR) is 76.7 cm³/mol. The molecule has 0 radical (unpaired) electrons. The molecule has 2 atom stereocenters. The van der Waals surface area contributed by atoms with Crippen LogP contribution in [0.2, 0.25) is 0 Å². The molecule has 0 saturated heterocycles. The number of amides is 2. The Kier molecular flexibility index (Phi) is 3.44. The normalized spacial score (nSPS) is 23.4. The fourth-order valence-corrected chi connectivity index (χ4v) is 2.58. The molecule has 0 bridgehead atoms. The molecule has 2 unspecified atom stereocenters. The minimum Gasteiger partial charge on any atom is -0.326 e. The number of hydrazone groups is 1. The maximum atomic E-state index is 11.5. The molecule has 0 aromatic heterocycles. The van der Waals surface area contributed by atoms with Crippen LogP contribution in [-0.4, -0.2) is 23.4 Å². The molecule has 1 aliphatic heterocycles. The first-order valence-electron chi connectivity index (χ1n) is 6.52. The van der Waals surface area contributed by atoms with Crippen LogP contribution < -0.4 is 10.7 Å². The highest BCUT2D eigenvalue weighted by Crippen LogP contribution is 2.43. The van der Waals surface area contributed by atoms with Crippen molar-refractivity contribution in [3.8, 4) is 0 Å². The average molecular weight is 292 g/mol. The molecule has 20 heavy (non-hydrogen) atoms. The van der Waals surface area contributed by atoms with E-state index < -0.39 is 0 Å². The number of rotatable bonds is 4. The number of fused-ring (bicyclic) bond motifs is 1. The van der Waals surface area contributed by atoms with Crippen molar-refractivity contribution in [1.29, 1.82) is 0 Å². The molecule has 1 heterocycles. The Balaban J connectivity index is 1.78. The Morgan fingerprint density at radius 1 is 1.45 bits per heavy atom. The molecule has 2 N–H and O–H groups in total. The van der Waals surface area contributed by atoms with Gasteiger partial charge in [-0.1, -0.05) is 12.1 Å². The Labute approximate surface area is 121 Å². The Hall–Kier alpha value is -1.88. The average Bonchev–Trinajstić information content (AvgIpc) is 3.21. The van der Waals surface area contributed by atoms with Crippen LogP contribution in [0, 0.1) is 11.8 Å². The van der Waals surface area contributed by atoms with Crippen LogP contribution in [0.25, 0.3) is 0 Å². The summed E-state index contributed by atoms with van der Waals surface area (Å²) in [5.74, 6) is 0.480. The summed E-state index contributed by atoms with van der Waals surface area (Å²) in [6.07, 6.45) is 1.14. The summed E-state index contributed by atoms with van der Waals surface area (Å²) >= 11 is 5.53. The number of carbonyl (C=O) groups is 2. The van der Waals surface area contributed by atoms with Gasteiger partial charge in [-0.2, -0.15) is 5.10 Å². The standard InChI is InChI=1S/C14H14ClN3O2/c15-5-4-12(19)16-9-3-1-2-8(6-9)13-10-7-11(10)14(20)18-17-13/h1-3,6,10-11H,4-5,7H2,(H,16,19)(H,18,20). The van der Waals surface area contributed by atoms with Gasteiger partial charge in [0.1, 0.15) is 0 Å². The zero-order valence-electron chi connectivity index (χ0n) is 10.7. The summed E-state index contributed by atoms with van der Waals surface area (Å²) in [6, 6.07) is 7.49. The van der Waals surface area contributed by atoms with Gasteiger partial charge in [-0.15, -0.1) is 11.6 Å². The Morgan fingerprint density at radius 3 is 3.10 bits per heavy atom. The molecular weight excluding hydrogens is 278 g/mol. The lowest BCUT2D eigenvalue weighted by molar-refractivity contribution is -0.122. The summed E-state index contributed by atoms with van der Waals surface area (Å²) in [5, 5.41) is 6.94. The van der Waals surface area contributed by atoms with Crippen molar-refractivity contribution < 1.29 is 9.59 Å². The van der Waals surface area contributed by atoms with Crippen molar-refractivity contribution in [3.05, 3.63) is 29.8 Å². The van der Waals surface area contributed by atoms with Crippen LogP contribution in [0.15, 0.2) is 29.4 Å². The van der Waals surface area contributed by atoms with Gasteiger partial charge in [0, 0.05) is 35.4 Å². The van der Waals surface area contributed by atoms with Crippen LogP contribution in [0.3, 0.4) is 0 Å². The van der Waals surface area contributed by atoms with Gasteiger partial charge in [0.2, 0.25) is 11.8 Å². The molecule has 3 rings (SSSR count). The molecule has 2 aliphatic rings. The fraction of sp³-hybridized carbons (Fsp3) is 0.357. The lowest BCUT2D eigenvalue weighted by Crippen LogP contribution is -2.28. The lowest BCUT2D eigenvalue weighted by Gasteiger charge is -2.13. The number of halogens is 1. The minimum absolute atomic E-state index is 0.00493. The summed E-state index contributed by atoms with van der Waals surface area (Å²) in [7, 11) is 0. The summed E-state index contributed by atoms with van der Waals surface area (Å²) in [5.41, 5.74) is 5.09. The van der Waals surface area contributed by atoms with E-state index in [9.17, 15) is 9.59 Å². The Bertz CT molecular complexity index is 600. The molecule has 5 nitrogen and oxygen atoms in total. The van der Waals surface area contributed by atoms with Gasteiger partial charge in [0.05, 0.1) is 5.71 Å². The number of anilines is 1. The minimum atomic E-state index is -0.111. The van der Waals surface area contributed by atoms with Gasteiger partial charge in [-0.25, -0.2) is 5.43 Å². The maximum absolute atomic E-state index is 11.5. The van der Waals surface area contributed by atoms with Crippen molar-refractivity contribution in [2.75, 3.05) is 11.2 Å². The van der Waals surface area contributed by atoms with E-state index >= 15 is 0 Å². The monoisotopic (exact) mass is 291 g/mol. The second-order valence-electron chi connectivity index (χ2n) is 4.99. The van der Waals surface area contributed by atoms with Gasteiger partial charge in [0.15, 0.2) is 0 Å². The van der Waals surface area contributed by atoms with Gasteiger partial charge >= 0.3 is 0 Å². The van der Waals surface area contributed by atoms with E-state index in [4.69, 9.17) is 11.6 Å². The number of nitrogens with one attached hydrogen (secondary N) is 2. The van der Waals surface area contributed by atoms with E-state index in [1.54, 1.807) is 0 Å². The molecule has 104 valence electrons. The quantitative estimate of drug-likeness (QED) is 0.829. The van der Waals surface area contributed by atoms with Gasteiger partial charge in [-0.3, -0.25) is 9.59 Å². The van der Waals surface area contributed by atoms with Crippen molar-refractivity contribution >= 4 is 34.8 Å². The van der Waals surface area contributed by atoms with Crippen molar-refractivity contribution in [2.24, 2.45) is 16.9 Å². The van der Waals surface area contributed by atoms with E-state index in [0.29, 0.717) is 5.88 Å². The number of carbonyl (C=O) groups excluding carboxylic acids is 2. The molecule has 0 spiro atoms. The van der Waals surface area contributed by atoms with E-state index in [1.165, 1.54) is 0 Å². The van der Waals surface area contributed by atoms with Crippen molar-refractivity contribution in [2.45, 2.75) is 12.8 Å². The van der Waals surface area contributed by atoms with Crippen LogP contribution >= 0.6 is 11.6 Å². The Morgan fingerprint density at radius 2 is 2.30 bits per heavy atom. The number of hydrogen-bond donors (Lipinski definition) is 2. The zero-order chi connectivity index (χ0) is 14.1. The third-order valence-corrected chi connectivity index (χ3v) is 3.72. The summed E-state index contributed by atoms with van der Waals surface area (Å²) in [4.78, 5) is 22.9. The third kappa shape index (κ3) is 2.54. The molecule has 1 aromatic carbocycles. The second-order valence-corrected chi connectivity index (χ2v) is 5.37. The number of benzene rings is 1. The van der Waals surface area contributed by atoms with E-state index in [2.05, 4.69) is 15.8 Å². The molecule has 2 amide bonds. The predicted octanol–water partition coefficient (Wildman–Crippen LogP) is 1.72. The highest BCUT2D eigenvalue weighted by atomic mass is 35.5. The lowest BCUT2D eigenvalue weighted by atomic mass is 10.0. The molecule has 1 aliphatic carbocycles. The molecule has 6 heteroatoms. The molecular formula is C14H14ClN3O2. The fourth-order valence-electron chi connectivity index (χ4n) is 2.41. The van der Waals surface area contributed by atoms with Gasteiger partial charge in [0.25, 0.3) is 0 Å². The van der Waals surface area contributed by atoms with Crippen LogP contribution in [0.1, 0.15) is 18.4 Å². The number of hydrogen-bond acceptors (Lipinski definition) is 3. The summed E-state index contributed by atoms with van der Waals surface area (Å²) in [6.45, 7) is 0. The van der Waals surface area contributed by atoms with Gasteiger partial charge < -0.3 is 5.32 Å². The third-order valence-electron chi connectivity index (χ3n) is 3.53. The van der Waals surface area contributed by atoms with E-state index in [1.807, 2.05) is 24.3 Å². The van der Waals surface area contributed by atoms with Crippen molar-refractivity contribution in [3.63, 3.8) is 0 Å². The smallest absolute Gasteiger partial charge is 0.243 e. The molecule has 1 fully saturated rings. The van der Waals surface area contributed by atoms with Gasteiger partial charge in [-0.05, 0) is 18.6 Å². The zero-order valence-corrected chi connectivity index (χ0v) is 11.5. The van der Waals surface area contributed by atoms with Crippen LogP contribution in [0.5, 0.6) is 0 Å². The van der Waals surface area contributed by atoms with Crippen LogP contribution in [-0.2, 0) is 9.59 Å². The largest absolute Gasteiger partial charge is 0.326 e. The first-order chi connectivity index (χ1) is 9.69. The SMILES string of the molecule is O=C(CCCl)Nc1cccc(C2=NNC(=O)C3CC23)c1. The maximum Gasteiger partial charge on any atom is 0.243 e. The summed E-state index contributed by atoms with van der Waals surface area (Å²) < 4.78 is 0. The molecule has 1 aromatic rings. The first kappa shape index (κ1) is 13.1.